The summed E-state index contributed by atoms with van der Waals surface area (Å²) in [6.45, 7) is 6.25. The summed E-state index contributed by atoms with van der Waals surface area (Å²) in [5.74, 6) is 1.14. The molecule has 0 saturated heterocycles. The van der Waals surface area contributed by atoms with Crippen LogP contribution in [-0.4, -0.2) is 25.9 Å². The van der Waals surface area contributed by atoms with Gasteiger partial charge in [-0.15, -0.1) is 11.0 Å². The van der Waals surface area contributed by atoms with Crippen LogP contribution in [0.1, 0.15) is 19.8 Å². The van der Waals surface area contributed by atoms with Crippen molar-refractivity contribution in [2.75, 3.05) is 17.7 Å². The molecule has 0 radical (unpaired) electrons. The SMILES string of the molecule is C=CCSC1=NS(=O)(=O)c2cc(OCCCC)ccc2N1. The Morgan fingerprint density at radius 3 is 3.00 bits per heavy atom. The molecule has 1 heterocycles. The minimum atomic E-state index is -3.68. The summed E-state index contributed by atoms with van der Waals surface area (Å²) in [5.41, 5.74) is 0.527. The van der Waals surface area contributed by atoms with E-state index in [1.165, 1.54) is 17.8 Å². The van der Waals surface area contributed by atoms with Crippen molar-refractivity contribution in [1.29, 1.82) is 0 Å². The van der Waals surface area contributed by atoms with Gasteiger partial charge in [-0.2, -0.15) is 8.42 Å². The van der Waals surface area contributed by atoms with Crippen LogP contribution in [0, 0.1) is 0 Å². The zero-order chi connectivity index (χ0) is 15.3. The third kappa shape index (κ3) is 4.01. The van der Waals surface area contributed by atoms with Crippen LogP contribution in [-0.2, 0) is 10.0 Å². The Hall–Kier alpha value is -1.47. The largest absolute Gasteiger partial charge is 0.494 e. The van der Waals surface area contributed by atoms with Crippen molar-refractivity contribution >= 4 is 32.6 Å². The fraction of sp³-hybridized carbons (Fsp3) is 0.357. The second-order valence-corrected chi connectivity index (χ2v) is 7.04. The average Bonchev–Trinajstić information content (AvgIpc) is 2.45. The Kier molecular flexibility index (Phi) is 5.30. The molecule has 0 aliphatic carbocycles. The predicted octanol–water partition coefficient (Wildman–Crippen LogP) is 3.25. The van der Waals surface area contributed by atoms with Crippen LogP contribution >= 0.6 is 11.8 Å². The maximum absolute atomic E-state index is 12.2. The number of benzene rings is 1. The fourth-order valence-corrected chi connectivity index (χ4v) is 3.73. The van der Waals surface area contributed by atoms with E-state index in [4.69, 9.17) is 4.74 Å². The van der Waals surface area contributed by atoms with Crippen LogP contribution < -0.4 is 10.1 Å². The lowest BCUT2D eigenvalue weighted by Gasteiger charge is -2.18. The second-order valence-electron chi connectivity index (χ2n) is 4.46. The van der Waals surface area contributed by atoms with Gasteiger partial charge >= 0.3 is 0 Å². The maximum atomic E-state index is 12.2. The average molecular weight is 326 g/mol. The van der Waals surface area contributed by atoms with E-state index in [1.807, 2.05) is 0 Å². The molecule has 0 fully saturated rings. The summed E-state index contributed by atoms with van der Waals surface area (Å²) in [4.78, 5) is 0.152. The highest BCUT2D eigenvalue weighted by atomic mass is 32.2. The summed E-state index contributed by atoms with van der Waals surface area (Å²) in [5, 5.41) is 3.38. The molecule has 2 rings (SSSR count). The van der Waals surface area contributed by atoms with E-state index in [-0.39, 0.29) is 4.90 Å². The van der Waals surface area contributed by atoms with E-state index < -0.39 is 10.0 Å². The van der Waals surface area contributed by atoms with Crippen LogP contribution in [0.2, 0.25) is 0 Å². The monoisotopic (exact) mass is 326 g/mol. The number of hydrogen-bond acceptors (Lipinski definition) is 5. The molecule has 1 aliphatic heterocycles. The van der Waals surface area contributed by atoms with Gasteiger partial charge in [0.25, 0.3) is 10.0 Å². The molecule has 1 aromatic carbocycles. The standard InChI is InChI=1S/C14H18N2O3S2/c1-3-5-8-19-11-6-7-12-13(10-11)21(17,18)16-14(15-12)20-9-4-2/h4,6-7,10H,2-3,5,8-9H2,1H3,(H,15,16). The number of nitrogens with one attached hydrogen (secondary N) is 1. The number of ether oxygens (including phenoxy) is 1. The highest BCUT2D eigenvalue weighted by molar-refractivity contribution is 8.15. The Morgan fingerprint density at radius 1 is 1.48 bits per heavy atom. The molecule has 5 nitrogen and oxygen atoms in total. The van der Waals surface area contributed by atoms with E-state index >= 15 is 0 Å². The lowest BCUT2D eigenvalue weighted by Crippen LogP contribution is -2.19. The van der Waals surface area contributed by atoms with Gasteiger partial charge in [0.15, 0.2) is 5.17 Å². The van der Waals surface area contributed by atoms with Crippen molar-refractivity contribution in [3.63, 3.8) is 0 Å². The number of unbranched alkanes of at least 4 members (excludes halogenated alkanes) is 1. The van der Waals surface area contributed by atoms with Gasteiger partial charge in [-0.05, 0) is 18.6 Å². The molecule has 1 aromatic rings. The van der Waals surface area contributed by atoms with E-state index in [0.29, 0.717) is 29.0 Å². The van der Waals surface area contributed by atoms with Crippen molar-refractivity contribution in [3.8, 4) is 5.75 Å². The summed E-state index contributed by atoms with van der Waals surface area (Å²) < 4.78 is 33.7. The lowest BCUT2D eigenvalue weighted by molar-refractivity contribution is 0.308. The molecule has 0 saturated carbocycles. The number of amidine groups is 1. The first-order valence-corrected chi connectivity index (χ1v) is 9.12. The quantitative estimate of drug-likeness (QED) is 0.642. The van der Waals surface area contributed by atoms with Gasteiger partial charge < -0.3 is 10.1 Å². The highest BCUT2D eigenvalue weighted by Gasteiger charge is 2.25. The van der Waals surface area contributed by atoms with Crippen LogP contribution in [0.3, 0.4) is 0 Å². The summed E-state index contributed by atoms with van der Waals surface area (Å²) in [7, 11) is -3.68. The van der Waals surface area contributed by atoms with Crippen LogP contribution in [0.15, 0.2) is 40.1 Å². The van der Waals surface area contributed by atoms with Crippen molar-refractivity contribution < 1.29 is 13.2 Å². The Morgan fingerprint density at radius 2 is 2.29 bits per heavy atom. The van der Waals surface area contributed by atoms with Crippen LogP contribution in [0.25, 0.3) is 0 Å². The van der Waals surface area contributed by atoms with Crippen molar-refractivity contribution in [2.24, 2.45) is 4.40 Å². The predicted molar refractivity (Wildman–Crippen MR) is 87.7 cm³/mol. The van der Waals surface area contributed by atoms with Crippen LogP contribution in [0.5, 0.6) is 5.75 Å². The smallest absolute Gasteiger partial charge is 0.286 e. The van der Waals surface area contributed by atoms with Crippen LogP contribution in [0.4, 0.5) is 5.69 Å². The Labute approximate surface area is 129 Å². The van der Waals surface area contributed by atoms with Crippen molar-refractivity contribution in [2.45, 2.75) is 24.7 Å². The molecule has 21 heavy (non-hydrogen) atoms. The Bertz CT molecular complexity index is 654. The molecule has 1 aliphatic rings. The first-order valence-electron chi connectivity index (χ1n) is 6.69. The van der Waals surface area contributed by atoms with E-state index in [1.54, 1.807) is 18.2 Å². The topological polar surface area (TPSA) is 67.8 Å². The molecular formula is C14H18N2O3S2. The van der Waals surface area contributed by atoms with E-state index in [2.05, 4.69) is 23.2 Å². The van der Waals surface area contributed by atoms with Gasteiger partial charge in [-0.1, -0.05) is 31.2 Å². The molecule has 0 amide bonds. The van der Waals surface area contributed by atoms with Gasteiger partial charge in [0.2, 0.25) is 0 Å². The zero-order valence-electron chi connectivity index (χ0n) is 11.8. The molecule has 0 spiro atoms. The fourth-order valence-electron chi connectivity index (χ4n) is 1.74. The number of fused-ring (bicyclic) bond motifs is 1. The minimum absolute atomic E-state index is 0.152. The maximum Gasteiger partial charge on any atom is 0.286 e. The summed E-state index contributed by atoms with van der Waals surface area (Å²) >= 11 is 1.29. The zero-order valence-corrected chi connectivity index (χ0v) is 13.5. The third-order valence-electron chi connectivity index (χ3n) is 2.78. The molecular weight excluding hydrogens is 308 g/mol. The number of sulfonamides is 1. The number of nitrogens with zero attached hydrogens (tertiary/aromatic N) is 1. The summed E-state index contributed by atoms with van der Waals surface area (Å²) in [6, 6.07) is 4.99. The van der Waals surface area contributed by atoms with Gasteiger partial charge in [-0.3, -0.25) is 0 Å². The normalized spacial score (nSPS) is 15.6. The van der Waals surface area contributed by atoms with Gasteiger partial charge in [-0.25, -0.2) is 0 Å². The molecule has 0 aromatic heterocycles. The first-order chi connectivity index (χ1) is 10.1. The molecule has 1 N–H and O–H groups in total. The number of thioether (sulfide) groups is 1. The van der Waals surface area contributed by atoms with E-state index in [0.717, 1.165) is 12.8 Å². The van der Waals surface area contributed by atoms with Crippen molar-refractivity contribution in [3.05, 3.63) is 30.9 Å². The number of rotatable bonds is 6. The van der Waals surface area contributed by atoms with Gasteiger partial charge in [0.05, 0.1) is 12.3 Å². The first kappa shape index (κ1) is 15.9. The van der Waals surface area contributed by atoms with Gasteiger partial charge in [0, 0.05) is 11.8 Å². The lowest BCUT2D eigenvalue weighted by atomic mass is 10.3. The minimum Gasteiger partial charge on any atom is -0.494 e. The Balaban J connectivity index is 2.22. The highest BCUT2D eigenvalue weighted by Crippen LogP contribution is 2.32. The molecule has 0 unspecified atom stereocenters. The second kappa shape index (κ2) is 7.00. The van der Waals surface area contributed by atoms with Gasteiger partial charge in [0.1, 0.15) is 10.6 Å². The third-order valence-corrected chi connectivity index (χ3v) is 5.08. The van der Waals surface area contributed by atoms with Crippen molar-refractivity contribution in [1.82, 2.24) is 0 Å². The molecule has 0 atom stereocenters. The molecule has 0 bridgehead atoms. The number of hydrogen-bond donors (Lipinski definition) is 1. The molecule has 7 heteroatoms. The number of anilines is 1. The summed E-state index contributed by atoms with van der Waals surface area (Å²) in [6.07, 6.45) is 3.66. The van der Waals surface area contributed by atoms with E-state index in [9.17, 15) is 8.42 Å². The molecule has 114 valence electrons.